The molecule has 9 heteroatoms. The number of carboxylic acids is 1. The molecule has 2 aromatic heterocycles. The zero-order valence-corrected chi connectivity index (χ0v) is 13.6. The Balaban J connectivity index is 1.91. The summed E-state index contributed by atoms with van der Waals surface area (Å²) in [7, 11) is 0. The Morgan fingerprint density at radius 2 is 2.09 bits per heavy atom. The molecule has 0 aliphatic rings. The number of benzene rings is 1. The summed E-state index contributed by atoms with van der Waals surface area (Å²) in [5, 5.41) is 17.8. The Labute approximate surface area is 140 Å². The zero-order valence-electron chi connectivity index (χ0n) is 12.0. The number of hydrogen-bond acceptors (Lipinski definition) is 6. The maximum Gasteiger partial charge on any atom is 0.316 e. The monoisotopic (exact) mass is 349 g/mol. The summed E-state index contributed by atoms with van der Waals surface area (Å²) in [6.07, 6.45) is 1.39. The lowest BCUT2D eigenvalue weighted by Crippen LogP contribution is -2.11. The van der Waals surface area contributed by atoms with E-state index in [2.05, 4.69) is 20.3 Å². The molecule has 0 saturated carbocycles. The number of aliphatic carboxylic acids is 1. The van der Waals surface area contributed by atoms with Crippen LogP contribution in [0.4, 0.5) is 0 Å². The molecule has 7 nitrogen and oxygen atoms in total. The summed E-state index contributed by atoms with van der Waals surface area (Å²) >= 11 is 7.00. The van der Waals surface area contributed by atoms with Crippen molar-refractivity contribution >= 4 is 40.5 Å². The van der Waals surface area contributed by atoms with Gasteiger partial charge in [0.2, 0.25) is 0 Å². The first-order valence-corrected chi connectivity index (χ1v) is 7.98. The Bertz CT molecular complexity index is 852. The second kappa shape index (κ2) is 6.51. The molecule has 118 valence electrons. The predicted molar refractivity (Wildman–Crippen MR) is 86.6 cm³/mol. The first-order valence-electron chi connectivity index (χ1n) is 6.72. The van der Waals surface area contributed by atoms with E-state index in [1.54, 1.807) is 23.7 Å². The van der Waals surface area contributed by atoms with E-state index >= 15 is 0 Å². The van der Waals surface area contributed by atoms with Gasteiger partial charge in [0.25, 0.3) is 0 Å². The number of carbonyl (C=O) groups is 1. The van der Waals surface area contributed by atoms with Crippen molar-refractivity contribution < 1.29 is 9.90 Å². The first-order chi connectivity index (χ1) is 11.0. The second-order valence-electron chi connectivity index (χ2n) is 4.82. The number of thioether (sulfide) groups is 1. The highest BCUT2D eigenvalue weighted by Gasteiger charge is 2.18. The minimum atomic E-state index is -0.907. The average molecular weight is 350 g/mol. The molecule has 0 aliphatic carbocycles. The van der Waals surface area contributed by atoms with Gasteiger partial charge in [-0.2, -0.15) is 0 Å². The topological polar surface area (TPSA) is 93.8 Å². The normalized spacial score (nSPS) is 12.4. The summed E-state index contributed by atoms with van der Waals surface area (Å²) in [4.78, 5) is 19.3. The lowest BCUT2D eigenvalue weighted by molar-refractivity contribution is -0.136. The summed E-state index contributed by atoms with van der Waals surface area (Å²) in [5.74, 6) is -0.907. The molecule has 0 saturated heterocycles. The van der Waals surface area contributed by atoms with Crippen molar-refractivity contribution in [2.45, 2.75) is 23.7 Å². The highest BCUT2D eigenvalue weighted by molar-refractivity contribution is 8.00. The van der Waals surface area contributed by atoms with Crippen molar-refractivity contribution in [2.24, 2.45) is 0 Å². The van der Waals surface area contributed by atoms with Gasteiger partial charge in [0, 0.05) is 5.02 Å². The molecule has 3 rings (SSSR count). The van der Waals surface area contributed by atoms with Crippen molar-refractivity contribution in [2.75, 3.05) is 0 Å². The quantitative estimate of drug-likeness (QED) is 0.558. The minimum absolute atomic E-state index is 0.489. The van der Waals surface area contributed by atoms with Gasteiger partial charge >= 0.3 is 5.97 Å². The summed E-state index contributed by atoms with van der Waals surface area (Å²) in [5.41, 5.74) is 2.07. The molecule has 23 heavy (non-hydrogen) atoms. The summed E-state index contributed by atoms with van der Waals surface area (Å²) < 4.78 is 1.65. The van der Waals surface area contributed by atoms with E-state index in [4.69, 9.17) is 16.7 Å². The molecule has 0 bridgehead atoms. The van der Waals surface area contributed by atoms with Crippen LogP contribution in [0, 0.1) is 0 Å². The van der Waals surface area contributed by atoms with Gasteiger partial charge in [0.15, 0.2) is 11.2 Å². The molecule has 1 aromatic carbocycles. The number of rotatable bonds is 5. The van der Waals surface area contributed by atoms with Crippen LogP contribution in [0.1, 0.15) is 12.5 Å². The molecule has 0 unspecified atom stereocenters. The fourth-order valence-electron chi connectivity index (χ4n) is 1.94. The molecule has 0 radical (unpaired) electrons. The second-order valence-corrected chi connectivity index (χ2v) is 6.59. The number of hydrogen-bond donors (Lipinski definition) is 1. The lowest BCUT2D eigenvalue weighted by Gasteiger charge is -2.05. The van der Waals surface area contributed by atoms with Crippen LogP contribution in [0.25, 0.3) is 11.2 Å². The standard InChI is InChI=1S/C14H12ClN5O2S/c1-8(14(21)22)23-13-11-12(16-7-17-13)20(19-18-11)6-9-2-4-10(15)5-3-9/h2-5,7-8H,6H2,1H3,(H,21,22)/t8-/m1/s1. The van der Waals surface area contributed by atoms with E-state index in [1.807, 2.05) is 12.1 Å². The number of aromatic nitrogens is 5. The van der Waals surface area contributed by atoms with Gasteiger partial charge < -0.3 is 5.11 Å². The van der Waals surface area contributed by atoms with Gasteiger partial charge in [-0.25, -0.2) is 14.6 Å². The molecule has 0 amide bonds. The fraction of sp³-hybridized carbons (Fsp3) is 0.214. The lowest BCUT2D eigenvalue weighted by atomic mass is 10.2. The molecule has 0 aliphatic heterocycles. The van der Waals surface area contributed by atoms with Gasteiger partial charge in [-0.1, -0.05) is 40.7 Å². The molecular formula is C14H12ClN5O2S. The number of halogens is 1. The van der Waals surface area contributed by atoms with Gasteiger partial charge in [-0.05, 0) is 24.6 Å². The Hall–Kier alpha value is -2.19. The number of fused-ring (bicyclic) bond motifs is 1. The molecule has 1 atom stereocenters. The van der Waals surface area contributed by atoms with E-state index in [9.17, 15) is 4.79 Å². The third-order valence-corrected chi connectivity index (χ3v) is 4.48. The smallest absolute Gasteiger partial charge is 0.316 e. The maximum absolute atomic E-state index is 11.0. The van der Waals surface area contributed by atoms with Gasteiger partial charge in [-0.3, -0.25) is 4.79 Å². The van der Waals surface area contributed by atoms with Crippen LogP contribution in [-0.4, -0.2) is 41.3 Å². The van der Waals surface area contributed by atoms with Crippen molar-refractivity contribution in [3.63, 3.8) is 0 Å². The van der Waals surface area contributed by atoms with Crippen LogP contribution in [0.5, 0.6) is 0 Å². The molecule has 0 spiro atoms. The zero-order chi connectivity index (χ0) is 16.4. The van der Waals surface area contributed by atoms with E-state index in [-0.39, 0.29) is 0 Å². The molecule has 2 heterocycles. The Morgan fingerprint density at radius 1 is 1.35 bits per heavy atom. The molecule has 3 aromatic rings. The van der Waals surface area contributed by atoms with E-state index in [0.29, 0.717) is 27.8 Å². The molecule has 0 fully saturated rings. The van der Waals surface area contributed by atoms with Crippen molar-refractivity contribution in [3.8, 4) is 0 Å². The van der Waals surface area contributed by atoms with Crippen LogP contribution in [-0.2, 0) is 11.3 Å². The van der Waals surface area contributed by atoms with Gasteiger partial charge in [0.05, 0.1) is 6.54 Å². The van der Waals surface area contributed by atoms with Crippen molar-refractivity contribution in [3.05, 3.63) is 41.2 Å². The third kappa shape index (κ3) is 3.43. The van der Waals surface area contributed by atoms with Crippen molar-refractivity contribution in [1.82, 2.24) is 25.0 Å². The Kier molecular flexibility index (Phi) is 4.44. The third-order valence-electron chi connectivity index (χ3n) is 3.15. The van der Waals surface area contributed by atoms with Crippen LogP contribution in [0.15, 0.2) is 35.6 Å². The van der Waals surface area contributed by atoms with Crippen LogP contribution < -0.4 is 0 Å². The van der Waals surface area contributed by atoms with Gasteiger partial charge in [0.1, 0.15) is 16.6 Å². The maximum atomic E-state index is 11.0. The average Bonchev–Trinajstić information content (AvgIpc) is 2.94. The summed E-state index contributed by atoms with van der Waals surface area (Å²) in [6.45, 7) is 2.09. The predicted octanol–water partition coefficient (Wildman–Crippen LogP) is 2.49. The molecular weight excluding hydrogens is 338 g/mol. The highest BCUT2D eigenvalue weighted by atomic mass is 35.5. The highest BCUT2D eigenvalue weighted by Crippen LogP contribution is 2.26. The van der Waals surface area contributed by atoms with Gasteiger partial charge in [-0.15, -0.1) is 5.10 Å². The summed E-state index contributed by atoms with van der Waals surface area (Å²) in [6, 6.07) is 7.42. The Morgan fingerprint density at radius 3 is 2.78 bits per heavy atom. The van der Waals surface area contributed by atoms with Crippen LogP contribution in [0.3, 0.4) is 0 Å². The minimum Gasteiger partial charge on any atom is -0.480 e. The SMILES string of the molecule is C[C@@H](Sc1ncnc2c1nnn2Cc1ccc(Cl)cc1)C(=O)O. The fourth-order valence-corrected chi connectivity index (χ4v) is 2.86. The van der Waals surface area contributed by atoms with E-state index in [0.717, 1.165) is 17.3 Å². The van der Waals surface area contributed by atoms with Crippen molar-refractivity contribution in [1.29, 1.82) is 0 Å². The molecule has 1 N–H and O–H groups in total. The van der Waals surface area contributed by atoms with E-state index < -0.39 is 11.2 Å². The van der Waals surface area contributed by atoms with E-state index in [1.165, 1.54) is 6.33 Å². The largest absolute Gasteiger partial charge is 0.480 e. The number of carboxylic acid groups (broad SMARTS) is 1. The number of nitrogens with zero attached hydrogens (tertiary/aromatic N) is 5. The van der Waals surface area contributed by atoms with Crippen LogP contribution >= 0.6 is 23.4 Å². The first kappa shape index (κ1) is 15.7. The van der Waals surface area contributed by atoms with Crippen LogP contribution in [0.2, 0.25) is 5.02 Å².